The Balaban J connectivity index is 1.45. The van der Waals surface area contributed by atoms with E-state index in [1.165, 1.54) is 0 Å². The maximum Gasteiger partial charge on any atom is 0.289 e. The van der Waals surface area contributed by atoms with E-state index in [9.17, 15) is 4.79 Å². The van der Waals surface area contributed by atoms with E-state index in [2.05, 4.69) is 6.07 Å². The van der Waals surface area contributed by atoms with Gasteiger partial charge in [0.05, 0.1) is 24.3 Å². The summed E-state index contributed by atoms with van der Waals surface area (Å²) >= 11 is 0. The molecule has 0 N–H and O–H groups in total. The monoisotopic (exact) mass is 418 g/mol. The first-order valence-corrected chi connectivity index (χ1v) is 10.6. The van der Waals surface area contributed by atoms with Crippen LogP contribution in [0, 0.1) is 11.3 Å². The van der Waals surface area contributed by atoms with Crippen molar-refractivity contribution in [3.8, 4) is 11.8 Å². The van der Waals surface area contributed by atoms with Crippen LogP contribution >= 0.6 is 0 Å². The Morgan fingerprint density at radius 1 is 1.19 bits per heavy atom. The van der Waals surface area contributed by atoms with Crippen LogP contribution in [0.2, 0.25) is 0 Å². The lowest BCUT2D eigenvalue weighted by atomic mass is 10.1. The maximum absolute atomic E-state index is 13.3. The molecule has 1 saturated heterocycles. The van der Waals surface area contributed by atoms with Crippen LogP contribution in [0.4, 0.5) is 0 Å². The molecule has 1 aliphatic rings. The molecule has 2 aromatic carbocycles. The van der Waals surface area contributed by atoms with Gasteiger partial charge in [-0.25, -0.2) is 0 Å². The molecular formula is C25H26N2O4. The maximum atomic E-state index is 13.3. The van der Waals surface area contributed by atoms with Gasteiger partial charge in [0.15, 0.2) is 5.76 Å². The Kier molecular flexibility index (Phi) is 6.24. The summed E-state index contributed by atoms with van der Waals surface area (Å²) < 4.78 is 17.8. The third-order valence-electron chi connectivity index (χ3n) is 5.45. The molecule has 6 heteroatoms. The lowest BCUT2D eigenvalue weighted by molar-refractivity contribution is 0.0529. The standard InChI is InChI=1S/C25H26N2O4/c1-17(2)29-16-22-21-8-3-4-9-23(21)31-24(22)25(28)27-12-10-19(11-13-27)30-20-7-5-6-18(14-20)15-26/h3-9,14,17,19H,10-13,16H2,1-2H3. The second-order valence-electron chi connectivity index (χ2n) is 8.01. The minimum Gasteiger partial charge on any atom is -0.490 e. The van der Waals surface area contributed by atoms with Gasteiger partial charge in [-0.2, -0.15) is 5.26 Å². The minimum atomic E-state index is -0.108. The molecule has 1 aromatic heterocycles. The van der Waals surface area contributed by atoms with E-state index in [1.54, 1.807) is 12.1 Å². The molecule has 0 saturated carbocycles. The van der Waals surface area contributed by atoms with Crippen molar-refractivity contribution in [2.24, 2.45) is 0 Å². The number of hydrogen-bond donors (Lipinski definition) is 0. The molecule has 0 atom stereocenters. The summed E-state index contributed by atoms with van der Waals surface area (Å²) in [5.74, 6) is 0.945. The van der Waals surface area contributed by atoms with Crippen molar-refractivity contribution in [3.63, 3.8) is 0 Å². The van der Waals surface area contributed by atoms with Gasteiger partial charge in [0.25, 0.3) is 5.91 Å². The van der Waals surface area contributed by atoms with Crippen molar-refractivity contribution >= 4 is 16.9 Å². The Bertz CT molecular complexity index is 1100. The molecule has 2 heterocycles. The highest BCUT2D eigenvalue weighted by Crippen LogP contribution is 2.29. The van der Waals surface area contributed by atoms with E-state index in [4.69, 9.17) is 19.2 Å². The fraction of sp³-hybridized carbons (Fsp3) is 0.360. The number of ether oxygens (including phenoxy) is 2. The second-order valence-corrected chi connectivity index (χ2v) is 8.01. The summed E-state index contributed by atoms with van der Waals surface area (Å²) in [5, 5.41) is 9.97. The number of furan rings is 1. The molecule has 0 bridgehead atoms. The third-order valence-corrected chi connectivity index (χ3v) is 5.45. The molecule has 0 spiro atoms. The van der Waals surface area contributed by atoms with Crippen LogP contribution < -0.4 is 4.74 Å². The lowest BCUT2D eigenvalue weighted by Crippen LogP contribution is -2.42. The quantitative estimate of drug-likeness (QED) is 0.568. The molecule has 6 nitrogen and oxygen atoms in total. The van der Waals surface area contributed by atoms with Crippen LogP contribution in [-0.2, 0) is 11.3 Å². The summed E-state index contributed by atoms with van der Waals surface area (Å²) in [4.78, 5) is 15.1. The third kappa shape index (κ3) is 4.73. The van der Waals surface area contributed by atoms with Gasteiger partial charge < -0.3 is 18.8 Å². The van der Waals surface area contributed by atoms with E-state index < -0.39 is 0 Å². The summed E-state index contributed by atoms with van der Waals surface area (Å²) in [6.45, 7) is 5.46. The molecule has 0 aliphatic carbocycles. The van der Waals surface area contributed by atoms with Crippen molar-refractivity contribution in [2.45, 2.75) is 45.5 Å². The molecule has 4 rings (SSSR count). The van der Waals surface area contributed by atoms with Crippen molar-refractivity contribution in [1.82, 2.24) is 4.90 Å². The molecule has 160 valence electrons. The number of piperidine rings is 1. The van der Waals surface area contributed by atoms with Crippen LogP contribution in [0.15, 0.2) is 52.9 Å². The molecule has 1 aliphatic heterocycles. The highest BCUT2D eigenvalue weighted by molar-refractivity contribution is 5.99. The fourth-order valence-electron chi connectivity index (χ4n) is 3.82. The molecule has 1 fully saturated rings. The number of amides is 1. The van der Waals surface area contributed by atoms with Crippen LogP contribution in [-0.4, -0.2) is 36.1 Å². The number of nitriles is 1. The molecule has 3 aromatic rings. The Morgan fingerprint density at radius 3 is 2.71 bits per heavy atom. The predicted molar refractivity (Wildman–Crippen MR) is 117 cm³/mol. The number of carbonyl (C=O) groups excluding carboxylic acids is 1. The van der Waals surface area contributed by atoms with Gasteiger partial charge >= 0.3 is 0 Å². The Hall–Kier alpha value is -3.30. The van der Waals surface area contributed by atoms with E-state index in [1.807, 2.05) is 55.1 Å². The zero-order chi connectivity index (χ0) is 21.8. The first-order chi connectivity index (χ1) is 15.0. The number of nitrogens with zero attached hydrogens (tertiary/aromatic N) is 2. The van der Waals surface area contributed by atoms with Gasteiger partial charge in [-0.05, 0) is 38.1 Å². The highest BCUT2D eigenvalue weighted by Gasteiger charge is 2.29. The average molecular weight is 418 g/mol. The predicted octanol–water partition coefficient (Wildman–Crippen LogP) is 4.91. The van der Waals surface area contributed by atoms with Crippen LogP contribution in [0.1, 0.15) is 48.4 Å². The molecular weight excluding hydrogens is 392 g/mol. The van der Waals surface area contributed by atoms with Crippen molar-refractivity contribution < 1.29 is 18.7 Å². The fourth-order valence-corrected chi connectivity index (χ4v) is 3.82. The number of para-hydroxylation sites is 1. The topological polar surface area (TPSA) is 75.7 Å². The first-order valence-electron chi connectivity index (χ1n) is 10.6. The summed E-state index contributed by atoms with van der Waals surface area (Å²) in [5.41, 5.74) is 2.08. The highest BCUT2D eigenvalue weighted by atomic mass is 16.5. The van der Waals surface area contributed by atoms with Crippen LogP contribution in [0.3, 0.4) is 0 Å². The number of hydrogen-bond acceptors (Lipinski definition) is 5. The van der Waals surface area contributed by atoms with Gasteiger partial charge in [-0.1, -0.05) is 24.3 Å². The zero-order valence-corrected chi connectivity index (χ0v) is 17.8. The summed E-state index contributed by atoms with van der Waals surface area (Å²) in [6.07, 6.45) is 1.52. The molecule has 0 radical (unpaired) electrons. The van der Waals surface area contributed by atoms with Gasteiger partial charge in [-0.3, -0.25) is 4.79 Å². The van der Waals surface area contributed by atoms with Crippen LogP contribution in [0.5, 0.6) is 5.75 Å². The van der Waals surface area contributed by atoms with Crippen molar-refractivity contribution in [3.05, 3.63) is 65.4 Å². The van der Waals surface area contributed by atoms with Gasteiger partial charge in [0.2, 0.25) is 0 Å². The number of benzene rings is 2. The second kappa shape index (κ2) is 9.23. The Labute approximate surface area is 182 Å². The van der Waals surface area contributed by atoms with Gasteiger partial charge in [0, 0.05) is 36.9 Å². The van der Waals surface area contributed by atoms with E-state index >= 15 is 0 Å². The molecule has 0 unspecified atom stereocenters. The van der Waals surface area contributed by atoms with E-state index in [-0.39, 0.29) is 18.1 Å². The van der Waals surface area contributed by atoms with Gasteiger partial charge in [-0.15, -0.1) is 0 Å². The first kappa shape index (κ1) is 21.0. The normalized spacial score (nSPS) is 14.7. The largest absolute Gasteiger partial charge is 0.490 e. The number of rotatable bonds is 6. The molecule has 31 heavy (non-hydrogen) atoms. The Morgan fingerprint density at radius 2 is 1.97 bits per heavy atom. The van der Waals surface area contributed by atoms with E-state index in [0.717, 1.165) is 23.8 Å². The van der Waals surface area contributed by atoms with Crippen molar-refractivity contribution in [1.29, 1.82) is 5.26 Å². The smallest absolute Gasteiger partial charge is 0.289 e. The SMILES string of the molecule is CC(C)OCc1c(C(=O)N2CCC(Oc3cccc(C#N)c3)CC2)oc2ccccc12. The number of likely N-dealkylation sites (tertiary alicyclic amines) is 1. The minimum absolute atomic E-state index is 0.0115. The molecule has 1 amide bonds. The zero-order valence-electron chi connectivity index (χ0n) is 17.8. The number of fused-ring (bicyclic) bond motifs is 1. The van der Waals surface area contributed by atoms with E-state index in [0.29, 0.717) is 42.4 Å². The number of carbonyl (C=O) groups is 1. The lowest BCUT2D eigenvalue weighted by Gasteiger charge is -2.32. The average Bonchev–Trinajstić information content (AvgIpc) is 3.16. The summed E-state index contributed by atoms with van der Waals surface area (Å²) in [7, 11) is 0. The van der Waals surface area contributed by atoms with Crippen molar-refractivity contribution in [2.75, 3.05) is 13.1 Å². The summed E-state index contributed by atoms with van der Waals surface area (Å²) in [6, 6.07) is 17.0. The van der Waals surface area contributed by atoms with Gasteiger partial charge in [0.1, 0.15) is 17.4 Å². The van der Waals surface area contributed by atoms with Crippen LogP contribution in [0.25, 0.3) is 11.0 Å².